The van der Waals surface area contributed by atoms with Gasteiger partial charge in [-0.3, -0.25) is 10.1 Å². The maximum absolute atomic E-state index is 12.7. The van der Waals surface area contributed by atoms with Crippen molar-refractivity contribution in [1.82, 2.24) is 4.72 Å². The maximum Gasteiger partial charge on any atom is 0.328 e. The van der Waals surface area contributed by atoms with Gasteiger partial charge in [-0.2, -0.15) is 4.72 Å². The smallest absolute Gasteiger partial charge is 0.328 e. The normalized spacial score (nSPS) is 12.4. The van der Waals surface area contributed by atoms with E-state index in [0.717, 1.165) is 13.2 Å². The van der Waals surface area contributed by atoms with E-state index in [1.165, 1.54) is 19.1 Å². The van der Waals surface area contributed by atoms with Crippen molar-refractivity contribution in [3.8, 4) is 0 Å². The highest BCUT2D eigenvalue weighted by Crippen LogP contribution is 2.24. The van der Waals surface area contributed by atoms with E-state index in [9.17, 15) is 23.3 Å². The van der Waals surface area contributed by atoms with Crippen LogP contribution in [0.4, 0.5) is 5.69 Å². The largest absolute Gasteiger partial charge is 0.468 e. The first kappa shape index (κ1) is 18.6. The zero-order valence-electron chi connectivity index (χ0n) is 13.5. The van der Waals surface area contributed by atoms with Gasteiger partial charge in [0.1, 0.15) is 6.04 Å². The minimum Gasteiger partial charge on any atom is -0.468 e. The van der Waals surface area contributed by atoms with Gasteiger partial charge in [0.15, 0.2) is 0 Å². The molecule has 2 aromatic carbocycles. The van der Waals surface area contributed by atoms with Crippen LogP contribution in [0.3, 0.4) is 0 Å². The molecule has 0 aliphatic heterocycles. The number of nitro benzene ring substituents is 1. The molecule has 0 amide bonds. The molecule has 132 valence electrons. The number of hydrogen-bond donors (Lipinski definition) is 1. The molecule has 0 aliphatic rings. The Kier molecular flexibility index (Phi) is 5.50. The lowest BCUT2D eigenvalue weighted by Gasteiger charge is -2.17. The summed E-state index contributed by atoms with van der Waals surface area (Å²) >= 11 is 0. The van der Waals surface area contributed by atoms with E-state index in [1.807, 2.05) is 0 Å². The number of non-ortho nitro benzene ring substituents is 1. The third-order valence-electron chi connectivity index (χ3n) is 3.51. The maximum atomic E-state index is 12.7. The molecule has 1 atom stereocenters. The monoisotopic (exact) mass is 364 g/mol. The van der Waals surface area contributed by atoms with E-state index in [4.69, 9.17) is 0 Å². The van der Waals surface area contributed by atoms with Gasteiger partial charge in [0, 0.05) is 12.1 Å². The molecule has 2 rings (SSSR count). The van der Waals surface area contributed by atoms with Crippen molar-refractivity contribution in [3.63, 3.8) is 0 Å². The summed E-state index contributed by atoms with van der Waals surface area (Å²) in [6.07, 6.45) is 0. The second-order valence-electron chi connectivity index (χ2n) is 5.20. The number of methoxy groups -OCH3 is 1. The van der Waals surface area contributed by atoms with Crippen molar-refractivity contribution in [2.75, 3.05) is 7.11 Å². The Morgan fingerprint density at radius 1 is 1.20 bits per heavy atom. The fraction of sp³-hybridized carbons (Fsp3) is 0.188. The highest BCUT2D eigenvalue weighted by molar-refractivity contribution is 7.89. The zero-order chi connectivity index (χ0) is 18.6. The topological polar surface area (TPSA) is 116 Å². The predicted molar refractivity (Wildman–Crippen MR) is 89.4 cm³/mol. The molecule has 1 N–H and O–H groups in total. The van der Waals surface area contributed by atoms with Crippen LogP contribution in [0.25, 0.3) is 0 Å². The molecule has 9 heteroatoms. The Hall–Kier alpha value is -2.78. The number of nitrogens with one attached hydrogen (secondary N) is 1. The van der Waals surface area contributed by atoms with Gasteiger partial charge in [-0.1, -0.05) is 36.4 Å². The summed E-state index contributed by atoms with van der Waals surface area (Å²) in [7, 11) is -3.06. The number of rotatable bonds is 6. The van der Waals surface area contributed by atoms with E-state index in [2.05, 4.69) is 9.46 Å². The second-order valence-corrected chi connectivity index (χ2v) is 6.88. The third kappa shape index (κ3) is 4.20. The molecule has 8 nitrogen and oxygen atoms in total. The quantitative estimate of drug-likeness (QED) is 0.477. The first-order chi connectivity index (χ1) is 11.8. The van der Waals surface area contributed by atoms with E-state index in [1.54, 1.807) is 30.3 Å². The first-order valence-corrected chi connectivity index (χ1v) is 8.64. The molecular formula is C16H16N2O6S. The number of ether oxygens (including phenoxy) is 1. The third-order valence-corrected chi connectivity index (χ3v) is 5.08. The lowest BCUT2D eigenvalue weighted by molar-refractivity contribution is -0.385. The van der Waals surface area contributed by atoms with Crippen LogP contribution >= 0.6 is 0 Å². The van der Waals surface area contributed by atoms with Crippen LogP contribution in [0, 0.1) is 17.0 Å². The number of nitro groups is 1. The van der Waals surface area contributed by atoms with Gasteiger partial charge in [0.25, 0.3) is 5.69 Å². The molecule has 0 aromatic heterocycles. The number of carbonyl (C=O) groups excluding carboxylic acids is 1. The van der Waals surface area contributed by atoms with Crippen molar-refractivity contribution in [2.24, 2.45) is 0 Å². The van der Waals surface area contributed by atoms with Gasteiger partial charge < -0.3 is 4.74 Å². The van der Waals surface area contributed by atoms with Crippen LogP contribution in [0.5, 0.6) is 0 Å². The summed E-state index contributed by atoms with van der Waals surface area (Å²) in [4.78, 5) is 22.0. The Bertz CT molecular complexity index is 896. The predicted octanol–water partition coefficient (Wildman–Crippen LogP) is 2.10. The van der Waals surface area contributed by atoms with Gasteiger partial charge in [-0.15, -0.1) is 0 Å². The molecule has 0 bridgehead atoms. The molecule has 0 spiro atoms. The van der Waals surface area contributed by atoms with Gasteiger partial charge in [-0.05, 0) is 18.1 Å². The molecule has 0 unspecified atom stereocenters. The van der Waals surface area contributed by atoms with Crippen LogP contribution in [0.2, 0.25) is 0 Å². The average Bonchev–Trinajstić information content (AvgIpc) is 2.59. The number of hydrogen-bond acceptors (Lipinski definition) is 6. The minimum atomic E-state index is -4.20. The zero-order valence-corrected chi connectivity index (χ0v) is 14.3. The van der Waals surface area contributed by atoms with E-state index in [-0.39, 0.29) is 10.6 Å². The molecule has 0 saturated carbocycles. The van der Waals surface area contributed by atoms with Gasteiger partial charge >= 0.3 is 5.97 Å². The van der Waals surface area contributed by atoms with Crippen molar-refractivity contribution in [3.05, 3.63) is 69.8 Å². The molecular weight excluding hydrogens is 348 g/mol. The van der Waals surface area contributed by atoms with Gasteiger partial charge in [-0.25, -0.2) is 13.2 Å². The van der Waals surface area contributed by atoms with E-state index in [0.29, 0.717) is 11.1 Å². The average molecular weight is 364 g/mol. The number of benzene rings is 2. The highest BCUT2D eigenvalue weighted by Gasteiger charge is 2.29. The molecule has 0 radical (unpaired) electrons. The fourth-order valence-electron chi connectivity index (χ4n) is 2.23. The summed E-state index contributed by atoms with van der Waals surface area (Å²) in [5, 5.41) is 10.9. The SMILES string of the molecule is COC(=O)[C@H](NS(=O)(=O)c1cc([N+](=O)[O-])ccc1C)c1ccccc1. The summed E-state index contributed by atoms with van der Waals surface area (Å²) in [5.74, 6) is -0.794. The van der Waals surface area contributed by atoms with Crippen molar-refractivity contribution in [1.29, 1.82) is 0 Å². The van der Waals surface area contributed by atoms with Crippen molar-refractivity contribution in [2.45, 2.75) is 17.9 Å². The molecule has 0 fully saturated rings. The van der Waals surface area contributed by atoms with Crippen LogP contribution in [0.15, 0.2) is 53.4 Å². The van der Waals surface area contributed by atoms with E-state index >= 15 is 0 Å². The van der Waals surface area contributed by atoms with Gasteiger partial charge in [0.2, 0.25) is 10.0 Å². The Balaban J connectivity index is 2.46. The summed E-state index contributed by atoms with van der Waals surface area (Å²) in [6, 6.07) is 10.4. The van der Waals surface area contributed by atoms with Gasteiger partial charge in [0.05, 0.1) is 16.9 Å². The van der Waals surface area contributed by atoms with Crippen LogP contribution in [0.1, 0.15) is 17.2 Å². The van der Waals surface area contributed by atoms with Crippen molar-refractivity contribution < 1.29 is 22.9 Å². The highest BCUT2D eigenvalue weighted by atomic mass is 32.2. The van der Waals surface area contributed by atoms with Crippen LogP contribution in [-0.4, -0.2) is 26.4 Å². The molecule has 0 saturated heterocycles. The summed E-state index contributed by atoms with van der Waals surface area (Å²) < 4.78 is 32.3. The van der Waals surface area contributed by atoms with Crippen molar-refractivity contribution >= 4 is 21.7 Å². The number of carbonyl (C=O) groups is 1. The number of aryl methyl sites for hydroxylation is 1. The molecule has 2 aromatic rings. The second kappa shape index (κ2) is 7.41. The number of nitrogens with zero attached hydrogens (tertiary/aromatic N) is 1. The van der Waals surface area contributed by atoms with Crippen LogP contribution in [-0.2, 0) is 19.6 Å². The van der Waals surface area contributed by atoms with Crippen LogP contribution < -0.4 is 4.72 Å². The molecule has 0 heterocycles. The standard InChI is InChI=1S/C16H16N2O6S/c1-11-8-9-13(18(20)21)10-14(11)25(22,23)17-15(16(19)24-2)12-6-4-3-5-7-12/h3-10,15,17H,1-2H3/t15-/m1/s1. The lowest BCUT2D eigenvalue weighted by atomic mass is 10.1. The fourth-order valence-corrected chi connectivity index (χ4v) is 3.66. The lowest BCUT2D eigenvalue weighted by Crippen LogP contribution is -2.34. The summed E-state index contributed by atoms with van der Waals surface area (Å²) in [5.41, 5.74) is 0.344. The molecule has 25 heavy (non-hydrogen) atoms. The molecule has 0 aliphatic carbocycles. The van der Waals surface area contributed by atoms with E-state index < -0.39 is 27.0 Å². The first-order valence-electron chi connectivity index (χ1n) is 7.16. The number of esters is 1. The number of sulfonamides is 1. The Morgan fingerprint density at radius 3 is 2.40 bits per heavy atom. The summed E-state index contributed by atoms with van der Waals surface area (Å²) in [6.45, 7) is 1.51. The Labute approximate surface area is 144 Å². The Morgan fingerprint density at radius 2 is 1.84 bits per heavy atom. The minimum absolute atomic E-state index is 0.272.